The normalized spacial score (nSPS) is 25.6. The molecule has 0 spiro atoms. The lowest BCUT2D eigenvalue weighted by Crippen LogP contribution is -2.52. The van der Waals surface area contributed by atoms with E-state index in [-0.39, 0.29) is 24.0 Å². The molecule has 1 amide bonds. The minimum atomic E-state index is -1.36. The molecule has 2 N–H and O–H groups in total. The summed E-state index contributed by atoms with van der Waals surface area (Å²) in [4.78, 5) is 12.9. The molecule has 1 aliphatic rings. The molecule has 0 aromatic heterocycles. The summed E-state index contributed by atoms with van der Waals surface area (Å²) in [7, 11) is 1.60. The van der Waals surface area contributed by atoms with Crippen LogP contribution in [0.1, 0.15) is 18.6 Å². The van der Waals surface area contributed by atoms with Crippen LogP contribution in [0, 0.1) is 5.82 Å². The van der Waals surface area contributed by atoms with Crippen molar-refractivity contribution < 1.29 is 19.0 Å². The van der Waals surface area contributed by atoms with Crippen molar-refractivity contribution >= 4 is 17.5 Å². The molecule has 0 radical (unpaired) electrons. The average Bonchev–Trinajstić information content (AvgIpc) is 2.63. The number of nitrogens with zero attached hydrogens (tertiary/aromatic N) is 1. The van der Waals surface area contributed by atoms with Crippen molar-refractivity contribution in [1.82, 2.24) is 10.2 Å². The third-order valence-electron chi connectivity index (χ3n) is 3.78. The molecular weight excluding hydrogens is 311 g/mol. The number of benzene rings is 1. The number of carbonyl (C=O) groups excluding carboxylic acids is 1. The molecule has 2 rings (SSSR count). The van der Waals surface area contributed by atoms with Gasteiger partial charge in [-0.3, -0.25) is 4.79 Å². The second kappa shape index (κ2) is 6.91. The fourth-order valence-electron chi connectivity index (χ4n) is 2.54. The Morgan fingerprint density at radius 1 is 1.64 bits per heavy atom. The number of hydrogen-bond acceptors (Lipinski definition) is 4. The van der Waals surface area contributed by atoms with Gasteiger partial charge >= 0.3 is 0 Å². The van der Waals surface area contributed by atoms with Crippen LogP contribution in [0.5, 0.6) is 0 Å². The molecule has 1 aromatic carbocycles. The van der Waals surface area contributed by atoms with Gasteiger partial charge in [-0.1, -0.05) is 17.7 Å². The number of amides is 1. The van der Waals surface area contributed by atoms with E-state index in [1.807, 2.05) is 0 Å². The number of aliphatic hydroxyl groups is 1. The first-order valence-electron chi connectivity index (χ1n) is 7.05. The molecule has 0 saturated carbocycles. The van der Waals surface area contributed by atoms with E-state index in [2.05, 4.69) is 5.32 Å². The third-order valence-corrected chi connectivity index (χ3v) is 4.08. The molecule has 0 aliphatic carbocycles. The van der Waals surface area contributed by atoms with E-state index in [0.717, 1.165) is 0 Å². The van der Waals surface area contributed by atoms with Crippen LogP contribution in [0.25, 0.3) is 0 Å². The van der Waals surface area contributed by atoms with Gasteiger partial charge in [-0.15, -0.1) is 0 Å². The van der Waals surface area contributed by atoms with E-state index < -0.39 is 17.5 Å². The van der Waals surface area contributed by atoms with Gasteiger partial charge in [-0.05, 0) is 17.7 Å². The molecular formula is C15H20ClFN2O3. The quantitative estimate of drug-likeness (QED) is 0.878. The average molecular weight is 331 g/mol. The molecule has 0 unspecified atom stereocenters. The first-order chi connectivity index (χ1) is 10.3. The van der Waals surface area contributed by atoms with Crippen LogP contribution in [-0.2, 0) is 9.53 Å². The highest BCUT2D eigenvalue weighted by atomic mass is 35.5. The predicted octanol–water partition coefficient (Wildman–Crippen LogP) is 1.35. The molecule has 1 fully saturated rings. The summed E-state index contributed by atoms with van der Waals surface area (Å²) < 4.78 is 19.4. The Morgan fingerprint density at radius 2 is 2.36 bits per heavy atom. The summed E-state index contributed by atoms with van der Waals surface area (Å²) in [6, 6.07) is 4.32. The fourth-order valence-corrected chi connectivity index (χ4v) is 2.66. The number of rotatable bonds is 3. The number of hydrogen-bond donors (Lipinski definition) is 2. The number of nitrogens with one attached hydrogen (secondary N) is 1. The van der Waals surface area contributed by atoms with Crippen molar-refractivity contribution in [1.29, 1.82) is 0 Å². The van der Waals surface area contributed by atoms with Gasteiger partial charge < -0.3 is 20.1 Å². The maximum atomic E-state index is 13.7. The van der Waals surface area contributed by atoms with Crippen LogP contribution < -0.4 is 5.32 Å². The van der Waals surface area contributed by atoms with Gasteiger partial charge in [-0.25, -0.2) is 4.39 Å². The number of carbonyl (C=O) groups is 1. The monoisotopic (exact) mass is 330 g/mol. The number of β-amino-alcohol motifs (C(OH)–C–C–N with tert-alkyl or cyclic N) is 1. The zero-order valence-corrected chi connectivity index (χ0v) is 13.4. The van der Waals surface area contributed by atoms with Gasteiger partial charge in [0.1, 0.15) is 17.5 Å². The molecule has 2 atom stereocenters. The van der Waals surface area contributed by atoms with Gasteiger partial charge in [0.2, 0.25) is 5.91 Å². The summed E-state index contributed by atoms with van der Waals surface area (Å²) in [6.07, 6.45) is -0.754. The van der Waals surface area contributed by atoms with Crippen LogP contribution in [0.2, 0.25) is 5.02 Å². The van der Waals surface area contributed by atoms with Crippen LogP contribution in [0.4, 0.5) is 4.39 Å². The number of ether oxygens (including phenoxy) is 1. The van der Waals surface area contributed by atoms with Gasteiger partial charge in [0, 0.05) is 27.1 Å². The van der Waals surface area contributed by atoms with Gasteiger partial charge in [-0.2, -0.15) is 0 Å². The van der Waals surface area contributed by atoms with Crippen molar-refractivity contribution in [2.45, 2.75) is 18.6 Å². The number of halogens is 2. The molecule has 22 heavy (non-hydrogen) atoms. The zero-order valence-electron chi connectivity index (χ0n) is 12.6. The Hall–Kier alpha value is -1.21. The molecule has 5 nitrogen and oxygen atoms in total. The summed E-state index contributed by atoms with van der Waals surface area (Å²) in [5.74, 6) is -0.735. The van der Waals surface area contributed by atoms with Gasteiger partial charge in [0.15, 0.2) is 0 Å². The van der Waals surface area contributed by atoms with E-state index in [1.165, 1.54) is 24.0 Å². The van der Waals surface area contributed by atoms with Crippen LogP contribution in [0.3, 0.4) is 0 Å². The van der Waals surface area contributed by atoms with Crippen LogP contribution >= 0.6 is 11.6 Å². The molecule has 1 aromatic rings. The number of likely N-dealkylation sites (N-methyl/N-ethyl adjacent to an activating group) is 1. The lowest BCUT2D eigenvalue weighted by Gasteiger charge is -2.37. The highest BCUT2D eigenvalue weighted by Crippen LogP contribution is 2.33. The molecule has 1 saturated heterocycles. The SMILES string of the molecule is CC(=O)N(C)C[C@]1(O)CNCCO[C@H]1c1ccc(Cl)c(F)c1. The first kappa shape index (κ1) is 17.1. The van der Waals surface area contributed by atoms with Crippen molar-refractivity contribution in [2.75, 3.05) is 33.3 Å². The minimum absolute atomic E-state index is 0.0138. The van der Waals surface area contributed by atoms with E-state index in [1.54, 1.807) is 13.1 Å². The van der Waals surface area contributed by atoms with Crippen molar-refractivity contribution in [3.8, 4) is 0 Å². The summed E-state index contributed by atoms with van der Waals surface area (Å²) in [5.41, 5.74) is -0.873. The Morgan fingerprint density at radius 3 is 3.00 bits per heavy atom. The Kier molecular flexibility index (Phi) is 5.39. The zero-order chi connectivity index (χ0) is 16.3. The van der Waals surface area contributed by atoms with Crippen molar-refractivity contribution in [3.05, 3.63) is 34.6 Å². The van der Waals surface area contributed by atoms with Crippen LogP contribution in [-0.4, -0.2) is 54.8 Å². The Bertz CT molecular complexity index is 558. The van der Waals surface area contributed by atoms with Gasteiger partial charge in [0.05, 0.1) is 18.2 Å². The highest BCUT2D eigenvalue weighted by Gasteiger charge is 2.41. The summed E-state index contributed by atoms with van der Waals surface area (Å²) >= 11 is 5.71. The second-order valence-corrected chi connectivity index (χ2v) is 5.99. The van der Waals surface area contributed by atoms with Crippen molar-refractivity contribution in [3.63, 3.8) is 0 Å². The Balaban J connectivity index is 2.34. The largest absolute Gasteiger partial charge is 0.384 e. The summed E-state index contributed by atoms with van der Waals surface area (Å²) in [5, 5.41) is 14.1. The van der Waals surface area contributed by atoms with E-state index in [4.69, 9.17) is 16.3 Å². The predicted molar refractivity (Wildman–Crippen MR) is 81.2 cm³/mol. The summed E-state index contributed by atoms with van der Waals surface area (Å²) in [6.45, 7) is 2.68. The fraction of sp³-hybridized carbons (Fsp3) is 0.533. The minimum Gasteiger partial charge on any atom is -0.384 e. The standard InChI is InChI=1S/C15H20ClFN2O3/c1-10(20)19(2)9-15(21)8-18-5-6-22-14(15)11-3-4-12(16)13(17)7-11/h3-4,7,14,18,21H,5-6,8-9H2,1-2H3/t14-,15+/m0/s1. The molecule has 122 valence electrons. The third kappa shape index (κ3) is 3.76. The van der Waals surface area contributed by atoms with E-state index in [9.17, 15) is 14.3 Å². The van der Waals surface area contributed by atoms with Crippen LogP contribution in [0.15, 0.2) is 18.2 Å². The highest BCUT2D eigenvalue weighted by molar-refractivity contribution is 6.30. The molecule has 7 heteroatoms. The second-order valence-electron chi connectivity index (χ2n) is 5.58. The van der Waals surface area contributed by atoms with E-state index in [0.29, 0.717) is 18.7 Å². The smallest absolute Gasteiger partial charge is 0.219 e. The lowest BCUT2D eigenvalue weighted by molar-refractivity contribution is -0.138. The Labute approximate surface area is 134 Å². The topological polar surface area (TPSA) is 61.8 Å². The van der Waals surface area contributed by atoms with Crippen molar-refractivity contribution in [2.24, 2.45) is 0 Å². The van der Waals surface area contributed by atoms with Gasteiger partial charge in [0.25, 0.3) is 0 Å². The first-order valence-corrected chi connectivity index (χ1v) is 7.42. The maximum absolute atomic E-state index is 13.7. The molecule has 1 aliphatic heterocycles. The maximum Gasteiger partial charge on any atom is 0.219 e. The lowest BCUT2D eigenvalue weighted by atomic mass is 9.90. The molecule has 1 heterocycles. The molecule has 0 bridgehead atoms. The van der Waals surface area contributed by atoms with E-state index >= 15 is 0 Å².